The van der Waals surface area contributed by atoms with E-state index < -0.39 is 71.7 Å². The fraction of sp³-hybridized carbons (Fsp3) is 0.394. The quantitative estimate of drug-likeness (QED) is 0.0249. The molecule has 20 nitrogen and oxygen atoms in total. The van der Waals surface area contributed by atoms with E-state index in [2.05, 4.69) is 31.9 Å². The fourth-order valence-electron chi connectivity index (χ4n) is 11.2. The molecule has 0 radical (unpaired) electrons. The van der Waals surface area contributed by atoms with Gasteiger partial charge in [-0.25, -0.2) is 0 Å². The third-order valence-electron chi connectivity index (χ3n) is 15.8. The van der Waals surface area contributed by atoms with Crippen LogP contribution in [0.4, 0.5) is 0 Å². The van der Waals surface area contributed by atoms with E-state index in [4.69, 9.17) is 21.4 Å². The molecule has 2 aliphatic heterocycles. The second-order valence-corrected chi connectivity index (χ2v) is 21.8. The van der Waals surface area contributed by atoms with E-state index in [0.717, 1.165) is 21.9 Å². The first-order chi connectivity index (χ1) is 41.8. The topological polar surface area (TPSA) is 293 Å². The van der Waals surface area contributed by atoms with Crippen molar-refractivity contribution in [3.05, 3.63) is 167 Å². The smallest absolute Gasteiger partial charge is 0.253 e. The number of hydrogen-bond acceptors (Lipinski definition) is 12. The summed E-state index contributed by atoms with van der Waals surface area (Å²) in [6, 6.07) is 30.5. The molecule has 0 spiro atoms. The Bertz CT molecular complexity index is 3160. The molecule has 2 saturated heterocycles. The summed E-state index contributed by atoms with van der Waals surface area (Å²) in [5.74, 6) is -4.01. The second-order valence-electron chi connectivity index (χ2n) is 21.8. The molecule has 452 valence electrons. The summed E-state index contributed by atoms with van der Waals surface area (Å²) in [6.07, 6.45) is 6.96. The lowest BCUT2D eigenvalue weighted by molar-refractivity contribution is -0.140. The minimum absolute atomic E-state index is 0.105. The molecule has 6 atom stereocenters. The van der Waals surface area contributed by atoms with Crippen LogP contribution in [0.5, 0.6) is 0 Å². The zero-order valence-electron chi connectivity index (χ0n) is 49.1. The molecule has 4 heterocycles. The number of nitrogens with two attached hydrogens (primary N) is 2. The van der Waals surface area contributed by atoms with Gasteiger partial charge >= 0.3 is 0 Å². The molecule has 86 heavy (non-hydrogen) atoms. The molecule has 2 fully saturated rings. The highest BCUT2D eigenvalue weighted by Gasteiger charge is 2.41. The molecule has 8 rings (SSSR count). The van der Waals surface area contributed by atoms with Gasteiger partial charge < -0.3 is 53.2 Å². The molecule has 10 N–H and O–H groups in total. The molecule has 2 aliphatic rings. The second kappa shape index (κ2) is 31.3. The fourth-order valence-corrected chi connectivity index (χ4v) is 11.2. The maximum Gasteiger partial charge on any atom is 0.253 e. The zero-order chi connectivity index (χ0) is 61.0. The van der Waals surface area contributed by atoms with Crippen molar-refractivity contribution >= 4 is 69.1 Å². The summed E-state index contributed by atoms with van der Waals surface area (Å²) in [6.45, 7) is 5.53. The number of para-hydroxylation sites is 2. The number of benzene rings is 4. The van der Waals surface area contributed by atoms with Gasteiger partial charge in [-0.1, -0.05) is 123 Å². The van der Waals surface area contributed by atoms with Crippen molar-refractivity contribution in [2.45, 2.75) is 127 Å². The summed E-state index contributed by atoms with van der Waals surface area (Å²) in [5.41, 5.74) is 16.1. The van der Waals surface area contributed by atoms with Crippen LogP contribution in [0.15, 0.2) is 133 Å². The predicted octanol–water partition coefficient (Wildman–Crippen LogP) is 4.51. The lowest BCUT2D eigenvalue weighted by Gasteiger charge is -2.30. The number of likely N-dealkylation sites (tertiary alicyclic amines) is 2. The van der Waals surface area contributed by atoms with Crippen LogP contribution >= 0.6 is 0 Å². The van der Waals surface area contributed by atoms with Gasteiger partial charge in [0.05, 0.1) is 33.5 Å². The number of fused-ring (bicyclic) bond motifs is 2. The largest absolute Gasteiger partial charge is 0.354 e. The lowest BCUT2D eigenvalue weighted by Crippen LogP contribution is -2.56. The Morgan fingerprint density at radius 2 is 0.907 bits per heavy atom. The van der Waals surface area contributed by atoms with E-state index in [-0.39, 0.29) is 61.7 Å². The summed E-state index contributed by atoms with van der Waals surface area (Å²) < 4.78 is 0. The molecule has 2 aromatic heterocycles. The minimum atomic E-state index is -1.24. The summed E-state index contributed by atoms with van der Waals surface area (Å²) in [4.78, 5) is 128. The Morgan fingerprint density at radius 3 is 1.29 bits per heavy atom. The van der Waals surface area contributed by atoms with E-state index in [0.29, 0.717) is 100.0 Å². The van der Waals surface area contributed by atoms with Crippen LogP contribution in [-0.2, 0) is 54.5 Å². The van der Waals surface area contributed by atoms with Crippen molar-refractivity contribution in [3.63, 3.8) is 0 Å². The van der Waals surface area contributed by atoms with E-state index in [9.17, 15) is 28.8 Å². The van der Waals surface area contributed by atoms with Crippen LogP contribution in [0, 0.1) is 0 Å². The van der Waals surface area contributed by atoms with Gasteiger partial charge in [-0.05, 0) is 113 Å². The maximum absolute atomic E-state index is 15.1. The SMILES string of the molecule is CCc1nc2ccccc2cc1C(=O)N[C@@H](C/C=C/C[C@H](NC(=O)c1cc2ccccc2nc1CC)C(=O)N1CCC[C@H]1C(=O)N[C@@H](Cc1ccccc1)C(=O)NCCCN)C(=O)N1CCC[C@H]1C(=O)N[C@@H](Cc1ccccc1)C(=O)NCCCN. The third-order valence-corrected chi connectivity index (χ3v) is 15.8. The van der Waals surface area contributed by atoms with Gasteiger partial charge in [-0.2, -0.15) is 0 Å². The van der Waals surface area contributed by atoms with Crippen molar-refractivity contribution < 1.29 is 38.4 Å². The van der Waals surface area contributed by atoms with E-state index in [1.165, 1.54) is 9.80 Å². The van der Waals surface area contributed by atoms with Crippen molar-refractivity contribution in [2.24, 2.45) is 11.5 Å². The number of carbonyl (C=O) groups excluding carboxylic acids is 8. The number of hydrogen-bond donors (Lipinski definition) is 8. The molecule has 20 heteroatoms. The van der Waals surface area contributed by atoms with Crippen LogP contribution < -0.4 is 43.4 Å². The monoisotopic (exact) mass is 1170 g/mol. The van der Waals surface area contributed by atoms with Crippen LogP contribution in [0.25, 0.3) is 21.8 Å². The average Bonchev–Trinajstić information content (AvgIpc) is 2.21. The number of carbonyl (C=O) groups is 8. The van der Waals surface area contributed by atoms with Crippen molar-refractivity contribution in [2.75, 3.05) is 39.3 Å². The highest BCUT2D eigenvalue weighted by atomic mass is 16.2. The van der Waals surface area contributed by atoms with Gasteiger partial charge in [0, 0.05) is 49.8 Å². The standard InChI is InChI=1S/C66H80N12O8/c1-3-49-47(41-45-25-11-13-27-51(45)71-49)59(79)73-53(65(85)77-37-17-31-57(77)63(83)75-55(61(81)69-35-19-33-67)39-43-21-7-5-8-22-43)29-15-16-30-54(74-60(80)48-42-46-26-12-14-28-52(46)72-50(48)4-2)66(86)78-38-18-32-58(78)64(84)76-56(62(82)70-36-20-34-68)40-44-23-9-6-10-24-44/h5-16,21-28,41-42,53-58H,3-4,17-20,29-40,67-68H2,1-2H3,(H,69,81)(H,70,82)(H,73,79)(H,74,80)(H,75,83)(H,76,84)/b16-15+/t53-,54-,55-,56-,57-,58-/m0/s1. The Labute approximate surface area is 502 Å². The zero-order valence-corrected chi connectivity index (χ0v) is 49.1. The molecule has 0 aliphatic carbocycles. The molecule has 0 saturated carbocycles. The predicted molar refractivity (Wildman–Crippen MR) is 330 cm³/mol. The Hall–Kier alpha value is -8.88. The van der Waals surface area contributed by atoms with Gasteiger partial charge in [-0.3, -0.25) is 48.3 Å². The molecular formula is C66H80N12O8. The molecule has 8 amide bonds. The highest BCUT2D eigenvalue weighted by molar-refractivity contribution is 6.03. The lowest BCUT2D eigenvalue weighted by atomic mass is 10.0. The normalized spacial score (nSPS) is 16.3. The number of rotatable bonds is 28. The first-order valence-corrected chi connectivity index (χ1v) is 30.1. The Morgan fingerprint density at radius 1 is 0.523 bits per heavy atom. The van der Waals surface area contributed by atoms with Crippen molar-refractivity contribution in [3.8, 4) is 0 Å². The third kappa shape index (κ3) is 16.5. The summed E-state index contributed by atoms with van der Waals surface area (Å²) >= 11 is 0. The number of nitrogens with zero attached hydrogens (tertiary/aromatic N) is 4. The van der Waals surface area contributed by atoms with E-state index >= 15 is 9.59 Å². The van der Waals surface area contributed by atoms with E-state index in [1.807, 2.05) is 123 Å². The van der Waals surface area contributed by atoms with Gasteiger partial charge in [0.2, 0.25) is 35.4 Å². The van der Waals surface area contributed by atoms with Crippen LogP contribution in [-0.4, -0.2) is 143 Å². The number of amides is 8. The maximum atomic E-state index is 15.1. The first kappa shape index (κ1) is 63.1. The van der Waals surface area contributed by atoms with Gasteiger partial charge in [-0.15, -0.1) is 0 Å². The highest BCUT2D eigenvalue weighted by Crippen LogP contribution is 2.25. The molecule has 6 aromatic rings. The van der Waals surface area contributed by atoms with Gasteiger partial charge in [0.1, 0.15) is 36.3 Å². The average molecular weight is 1170 g/mol. The van der Waals surface area contributed by atoms with E-state index in [1.54, 1.807) is 24.3 Å². The summed E-state index contributed by atoms with van der Waals surface area (Å²) in [7, 11) is 0. The minimum Gasteiger partial charge on any atom is -0.354 e. The van der Waals surface area contributed by atoms with Crippen molar-refractivity contribution in [1.82, 2.24) is 51.7 Å². The number of pyridine rings is 2. The number of aromatic nitrogens is 2. The first-order valence-electron chi connectivity index (χ1n) is 30.1. The number of nitrogens with one attached hydrogen (secondary N) is 6. The molecule has 4 aromatic carbocycles. The van der Waals surface area contributed by atoms with Gasteiger partial charge in [0.25, 0.3) is 11.8 Å². The van der Waals surface area contributed by atoms with Gasteiger partial charge in [0.15, 0.2) is 0 Å². The van der Waals surface area contributed by atoms with Crippen molar-refractivity contribution in [1.29, 1.82) is 0 Å². The molecule has 0 unspecified atom stereocenters. The molecular weight excluding hydrogens is 1090 g/mol. The molecule has 0 bridgehead atoms. The summed E-state index contributed by atoms with van der Waals surface area (Å²) in [5, 5.41) is 19.0. The number of aryl methyl sites for hydroxylation is 2. The van der Waals surface area contributed by atoms with Crippen LogP contribution in [0.1, 0.15) is 108 Å². The van der Waals surface area contributed by atoms with Crippen LogP contribution in [0.2, 0.25) is 0 Å². The van der Waals surface area contributed by atoms with Crippen LogP contribution in [0.3, 0.4) is 0 Å². The Kier molecular flexibility index (Phi) is 23.0. The Balaban J connectivity index is 1.07.